The largest absolute Gasteiger partial charge is 0.461 e. The van der Waals surface area contributed by atoms with Crippen molar-refractivity contribution in [1.82, 2.24) is 14.7 Å². The fourth-order valence-corrected chi connectivity index (χ4v) is 2.73. The third-order valence-corrected chi connectivity index (χ3v) is 3.65. The standard InChI is InChI=1S/C17H25N3O3/c1-7-23-16(22)13-12-9-8-11(10-19(5)6)15(21)14(12)20(18-13)17(2,3)4/h10H,7-9H2,1-6H3/b11-10-. The van der Waals surface area contributed by atoms with E-state index in [1.54, 1.807) is 11.6 Å². The molecule has 0 aromatic carbocycles. The van der Waals surface area contributed by atoms with Gasteiger partial charge in [0.25, 0.3) is 0 Å². The Hall–Kier alpha value is -2.11. The number of esters is 1. The number of aromatic nitrogens is 2. The van der Waals surface area contributed by atoms with Crippen LogP contribution in [0.25, 0.3) is 0 Å². The Morgan fingerprint density at radius 1 is 1.35 bits per heavy atom. The number of hydrogen-bond donors (Lipinski definition) is 0. The van der Waals surface area contributed by atoms with Crippen LogP contribution >= 0.6 is 0 Å². The first-order chi connectivity index (χ1) is 10.7. The van der Waals surface area contributed by atoms with Gasteiger partial charge in [0.2, 0.25) is 5.78 Å². The molecular formula is C17H25N3O3. The Labute approximate surface area is 137 Å². The Morgan fingerprint density at radius 2 is 2.00 bits per heavy atom. The molecule has 126 valence electrons. The molecule has 0 radical (unpaired) electrons. The number of nitrogens with zero attached hydrogens (tertiary/aromatic N) is 3. The monoisotopic (exact) mass is 319 g/mol. The molecule has 0 amide bonds. The lowest BCUT2D eigenvalue weighted by molar-refractivity contribution is 0.0516. The van der Waals surface area contributed by atoms with Crippen LogP contribution in [0.1, 0.15) is 60.7 Å². The molecule has 2 rings (SSSR count). The number of carbonyl (C=O) groups excluding carboxylic acids is 2. The number of rotatable bonds is 3. The third-order valence-electron chi connectivity index (χ3n) is 3.65. The maximum absolute atomic E-state index is 12.9. The van der Waals surface area contributed by atoms with Gasteiger partial charge >= 0.3 is 5.97 Å². The third kappa shape index (κ3) is 3.30. The summed E-state index contributed by atoms with van der Waals surface area (Å²) >= 11 is 0. The SMILES string of the molecule is CCOC(=O)c1nn(C(C)(C)C)c2c1CC/C(=C/N(C)C)C2=O. The summed E-state index contributed by atoms with van der Waals surface area (Å²) < 4.78 is 6.76. The lowest BCUT2D eigenvalue weighted by Crippen LogP contribution is -2.29. The molecule has 0 spiro atoms. The van der Waals surface area contributed by atoms with Crippen LogP contribution in [0.5, 0.6) is 0 Å². The molecule has 1 aliphatic carbocycles. The highest BCUT2D eigenvalue weighted by Gasteiger charge is 2.36. The van der Waals surface area contributed by atoms with E-state index in [9.17, 15) is 9.59 Å². The van der Waals surface area contributed by atoms with Crippen molar-refractivity contribution < 1.29 is 14.3 Å². The lowest BCUT2D eigenvalue weighted by Gasteiger charge is -2.24. The molecule has 0 N–H and O–H groups in total. The topological polar surface area (TPSA) is 64.4 Å². The highest BCUT2D eigenvalue weighted by atomic mass is 16.5. The van der Waals surface area contributed by atoms with Gasteiger partial charge in [-0.25, -0.2) is 4.79 Å². The number of ketones is 1. The highest BCUT2D eigenvalue weighted by molar-refractivity contribution is 6.11. The fourth-order valence-electron chi connectivity index (χ4n) is 2.73. The molecule has 0 fully saturated rings. The summed E-state index contributed by atoms with van der Waals surface area (Å²) in [6.07, 6.45) is 3.06. The number of Topliss-reactive ketones (excluding diaryl/α,β-unsaturated/α-hetero) is 1. The summed E-state index contributed by atoms with van der Waals surface area (Å²) in [6, 6.07) is 0. The number of fused-ring (bicyclic) bond motifs is 1. The van der Waals surface area contributed by atoms with Crippen molar-refractivity contribution in [3.63, 3.8) is 0 Å². The predicted octanol–water partition coefficient (Wildman–Crippen LogP) is 2.39. The van der Waals surface area contributed by atoms with Gasteiger partial charge in [0.15, 0.2) is 5.69 Å². The first-order valence-corrected chi connectivity index (χ1v) is 7.88. The van der Waals surface area contributed by atoms with Crippen LogP contribution in [0, 0.1) is 0 Å². The minimum absolute atomic E-state index is 0.0575. The van der Waals surface area contributed by atoms with E-state index in [4.69, 9.17) is 4.74 Å². The molecule has 23 heavy (non-hydrogen) atoms. The second-order valence-corrected chi connectivity index (χ2v) is 6.93. The normalized spacial score (nSPS) is 16.4. The van der Waals surface area contributed by atoms with Crippen LogP contribution in [0.3, 0.4) is 0 Å². The van der Waals surface area contributed by atoms with Crippen LogP contribution in [0.15, 0.2) is 11.8 Å². The number of carbonyl (C=O) groups is 2. The first kappa shape index (κ1) is 17.2. The van der Waals surface area contributed by atoms with E-state index in [0.29, 0.717) is 24.1 Å². The molecule has 6 heteroatoms. The van der Waals surface area contributed by atoms with E-state index in [1.165, 1.54) is 0 Å². The Balaban J connectivity index is 2.61. The smallest absolute Gasteiger partial charge is 0.359 e. The second-order valence-electron chi connectivity index (χ2n) is 6.93. The molecule has 0 aliphatic heterocycles. The van der Waals surface area contributed by atoms with Gasteiger partial charge in [0.05, 0.1) is 12.1 Å². The van der Waals surface area contributed by atoms with Crippen molar-refractivity contribution in [2.24, 2.45) is 0 Å². The average molecular weight is 319 g/mol. The van der Waals surface area contributed by atoms with Crippen LogP contribution in [-0.4, -0.2) is 47.1 Å². The van der Waals surface area contributed by atoms with E-state index < -0.39 is 11.5 Å². The minimum atomic E-state index is -0.459. The van der Waals surface area contributed by atoms with Gasteiger partial charge in [-0.15, -0.1) is 0 Å². The Morgan fingerprint density at radius 3 is 2.52 bits per heavy atom. The van der Waals surface area contributed by atoms with Gasteiger partial charge in [-0.2, -0.15) is 5.10 Å². The van der Waals surface area contributed by atoms with Gasteiger partial charge in [-0.05, 0) is 40.5 Å². The first-order valence-electron chi connectivity index (χ1n) is 7.88. The molecule has 1 aliphatic rings. The predicted molar refractivity (Wildman–Crippen MR) is 87.6 cm³/mol. The van der Waals surface area contributed by atoms with Crippen molar-refractivity contribution >= 4 is 11.8 Å². The van der Waals surface area contributed by atoms with Crippen LogP contribution in [0.2, 0.25) is 0 Å². The fraction of sp³-hybridized carbons (Fsp3) is 0.588. The summed E-state index contributed by atoms with van der Waals surface area (Å²) in [5.74, 6) is -0.516. The second kappa shape index (κ2) is 6.18. The highest BCUT2D eigenvalue weighted by Crippen LogP contribution is 2.31. The van der Waals surface area contributed by atoms with Gasteiger partial charge in [-0.3, -0.25) is 9.48 Å². The molecule has 0 saturated carbocycles. The molecule has 0 bridgehead atoms. The zero-order chi connectivity index (χ0) is 17.4. The minimum Gasteiger partial charge on any atom is -0.461 e. The molecule has 0 unspecified atom stereocenters. The molecule has 1 heterocycles. The number of ether oxygens (including phenoxy) is 1. The summed E-state index contributed by atoms with van der Waals surface area (Å²) in [6.45, 7) is 7.94. The summed E-state index contributed by atoms with van der Waals surface area (Å²) in [5.41, 5.74) is 1.84. The Bertz CT molecular complexity index is 663. The summed E-state index contributed by atoms with van der Waals surface area (Å²) in [4.78, 5) is 27.0. The molecule has 1 aromatic heterocycles. The summed E-state index contributed by atoms with van der Waals surface area (Å²) in [5, 5.41) is 4.43. The van der Waals surface area contributed by atoms with Crippen molar-refractivity contribution in [2.45, 2.75) is 46.1 Å². The molecule has 0 saturated heterocycles. The van der Waals surface area contributed by atoms with Crippen LogP contribution < -0.4 is 0 Å². The van der Waals surface area contributed by atoms with Crippen molar-refractivity contribution in [3.8, 4) is 0 Å². The maximum atomic E-state index is 12.9. The number of hydrogen-bond acceptors (Lipinski definition) is 5. The molecule has 0 atom stereocenters. The molecule has 1 aromatic rings. The van der Waals surface area contributed by atoms with Crippen molar-refractivity contribution in [1.29, 1.82) is 0 Å². The summed E-state index contributed by atoms with van der Waals surface area (Å²) in [7, 11) is 3.78. The average Bonchev–Trinajstić information content (AvgIpc) is 2.82. The van der Waals surface area contributed by atoms with Crippen molar-refractivity contribution in [2.75, 3.05) is 20.7 Å². The molecule has 6 nitrogen and oxygen atoms in total. The van der Waals surface area contributed by atoms with E-state index in [-0.39, 0.29) is 18.1 Å². The quantitative estimate of drug-likeness (QED) is 0.632. The van der Waals surface area contributed by atoms with Crippen LogP contribution in [-0.2, 0) is 16.7 Å². The van der Waals surface area contributed by atoms with E-state index in [2.05, 4.69) is 5.10 Å². The zero-order valence-corrected chi connectivity index (χ0v) is 14.8. The van der Waals surface area contributed by atoms with Gasteiger partial charge in [0, 0.05) is 31.4 Å². The number of allylic oxidation sites excluding steroid dienone is 1. The maximum Gasteiger partial charge on any atom is 0.359 e. The van der Waals surface area contributed by atoms with E-state index in [1.807, 2.05) is 46.0 Å². The zero-order valence-electron chi connectivity index (χ0n) is 14.8. The molecular weight excluding hydrogens is 294 g/mol. The van der Waals surface area contributed by atoms with Gasteiger partial charge in [-0.1, -0.05) is 0 Å². The van der Waals surface area contributed by atoms with Gasteiger partial charge < -0.3 is 9.64 Å². The van der Waals surface area contributed by atoms with E-state index >= 15 is 0 Å². The lowest BCUT2D eigenvalue weighted by atomic mass is 9.90. The van der Waals surface area contributed by atoms with Crippen molar-refractivity contribution in [3.05, 3.63) is 28.7 Å². The Kier molecular flexibility index (Phi) is 4.63. The van der Waals surface area contributed by atoms with Crippen LogP contribution in [0.4, 0.5) is 0 Å². The van der Waals surface area contributed by atoms with Gasteiger partial charge in [0.1, 0.15) is 5.69 Å². The van der Waals surface area contributed by atoms with E-state index in [0.717, 1.165) is 5.57 Å².